The summed E-state index contributed by atoms with van der Waals surface area (Å²) in [5.74, 6) is 0.256. The summed E-state index contributed by atoms with van der Waals surface area (Å²) in [6.45, 7) is 2.85. The smallest absolute Gasteiger partial charge is 0.326 e. The zero-order chi connectivity index (χ0) is 15.0. The van der Waals surface area contributed by atoms with E-state index < -0.39 is 18.0 Å². The average Bonchev–Trinajstić information content (AvgIpc) is 2.88. The van der Waals surface area contributed by atoms with Crippen LogP contribution in [0.4, 0.5) is 4.79 Å². The van der Waals surface area contributed by atoms with Crippen molar-refractivity contribution in [1.82, 2.24) is 25.4 Å². The van der Waals surface area contributed by atoms with E-state index in [4.69, 9.17) is 5.11 Å². The lowest BCUT2D eigenvalue weighted by atomic mass is 10.2. The van der Waals surface area contributed by atoms with E-state index in [2.05, 4.69) is 20.8 Å². The van der Waals surface area contributed by atoms with Crippen molar-refractivity contribution in [3.05, 3.63) is 12.2 Å². The summed E-state index contributed by atoms with van der Waals surface area (Å²) in [4.78, 5) is 22.7. The summed E-state index contributed by atoms with van der Waals surface area (Å²) >= 11 is 1.53. The Labute approximate surface area is 121 Å². The van der Waals surface area contributed by atoms with Gasteiger partial charge in [0.2, 0.25) is 0 Å². The number of carbonyl (C=O) groups excluding carboxylic acids is 1. The SMILES string of the molecule is CCn1cnnc1CNC(=O)N[C@H](CCSC)C(=O)O. The first-order chi connectivity index (χ1) is 9.58. The van der Waals surface area contributed by atoms with Gasteiger partial charge >= 0.3 is 12.0 Å². The fourth-order valence-electron chi connectivity index (χ4n) is 1.54. The summed E-state index contributed by atoms with van der Waals surface area (Å²) in [6, 6.07) is -1.41. The number of hydrogen-bond acceptors (Lipinski definition) is 5. The van der Waals surface area contributed by atoms with Gasteiger partial charge in [0.25, 0.3) is 0 Å². The Balaban J connectivity index is 2.43. The minimum absolute atomic E-state index is 0.203. The molecule has 0 aliphatic rings. The van der Waals surface area contributed by atoms with Crippen molar-refractivity contribution in [2.75, 3.05) is 12.0 Å². The molecular formula is C11H19N5O3S. The number of aliphatic carboxylic acids is 1. The maximum absolute atomic E-state index is 11.7. The number of carboxylic acid groups (broad SMARTS) is 1. The number of nitrogens with one attached hydrogen (secondary N) is 2. The van der Waals surface area contributed by atoms with Gasteiger partial charge in [0.15, 0.2) is 5.82 Å². The molecule has 0 bridgehead atoms. The summed E-state index contributed by atoms with van der Waals surface area (Å²) in [6.07, 6.45) is 3.85. The second-order valence-corrected chi connectivity index (χ2v) is 5.02. The molecule has 2 amide bonds. The molecule has 20 heavy (non-hydrogen) atoms. The molecule has 0 aromatic carbocycles. The van der Waals surface area contributed by atoms with Crippen molar-refractivity contribution in [2.24, 2.45) is 0 Å². The molecule has 9 heteroatoms. The Morgan fingerprint density at radius 3 is 2.90 bits per heavy atom. The number of amides is 2. The number of carboxylic acids is 1. The van der Waals surface area contributed by atoms with Gasteiger partial charge in [-0.1, -0.05) is 0 Å². The second-order valence-electron chi connectivity index (χ2n) is 4.03. The molecule has 0 saturated heterocycles. The van der Waals surface area contributed by atoms with Crippen molar-refractivity contribution in [3.8, 4) is 0 Å². The van der Waals surface area contributed by atoms with Crippen LogP contribution in [0.1, 0.15) is 19.2 Å². The molecule has 112 valence electrons. The van der Waals surface area contributed by atoms with Gasteiger partial charge in [-0.05, 0) is 25.4 Å². The molecule has 0 saturated carbocycles. The van der Waals surface area contributed by atoms with E-state index in [0.29, 0.717) is 24.5 Å². The van der Waals surface area contributed by atoms with E-state index >= 15 is 0 Å². The molecule has 1 aromatic rings. The average molecular weight is 301 g/mol. The van der Waals surface area contributed by atoms with Gasteiger partial charge in [-0.2, -0.15) is 11.8 Å². The molecule has 0 fully saturated rings. The predicted molar refractivity (Wildman–Crippen MR) is 75.5 cm³/mol. The number of thioether (sulfide) groups is 1. The summed E-state index contributed by atoms with van der Waals surface area (Å²) < 4.78 is 1.79. The number of aryl methyl sites for hydroxylation is 1. The Hall–Kier alpha value is -1.77. The minimum Gasteiger partial charge on any atom is -0.480 e. The molecule has 1 atom stereocenters. The highest BCUT2D eigenvalue weighted by Crippen LogP contribution is 2.01. The van der Waals surface area contributed by atoms with Crippen LogP contribution in [0.3, 0.4) is 0 Å². The van der Waals surface area contributed by atoms with Crippen molar-refractivity contribution in [1.29, 1.82) is 0 Å². The van der Waals surface area contributed by atoms with Crippen molar-refractivity contribution < 1.29 is 14.7 Å². The quantitative estimate of drug-likeness (QED) is 0.637. The van der Waals surface area contributed by atoms with Crippen molar-refractivity contribution in [3.63, 3.8) is 0 Å². The van der Waals surface area contributed by atoms with Crippen LogP contribution >= 0.6 is 11.8 Å². The van der Waals surface area contributed by atoms with Gasteiger partial charge in [-0.15, -0.1) is 10.2 Å². The summed E-state index contributed by atoms with van der Waals surface area (Å²) in [5.41, 5.74) is 0. The molecule has 0 spiro atoms. The fraction of sp³-hybridized carbons (Fsp3) is 0.636. The van der Waals surface area contributed by atoms with Crippen molar-refractivity contribution >= 4 is 23.8 Å². The monoisotopic (exact) mass is 301 g/mol. The molecule has 0 unspecified atom stereocenters. The zero-order valence-electron chi connectivity index (χ0n) is 11.5. The Bertz CT molecular complexity index is 451. The van der Waals surface area contributed by atoms with Crippen LogP contribution < -0.4 is 10.6 Å². The second kappa shape index (κ2) is 8.41. The third-order valence-corrected chi connectivity index (χ3v) is 3.30. The Morgan fingerprint density at radius 1 is 1.55 bits per heavy atom. The molecule has 0 radical (unpaired) electrons. The standard InChI is InChI=1S/C11H19N5O3S/c1-3-16-7-13-15-9(16)6-12-11(19)14-8(10(17)18)4-5-20-2/h7-8H,3-6H2,1-2H3,(H,17,18)(H2,12,14,19)/t8-/m1/s1. The van der Waals surface area contributed by atoms with Crippen molar-refractivity contribution in [2.45, 2.75) is 32.5 Å². The van der Waals surface area contributed by atoms with Crippen LogP contribution in [0.15, 0.2) is 6.33 Å². The van der Waals surface area contributed by atoms with Gasteiger partial charge < -0.3 is 20.3 Å². The minimum atomic E-state index is -1.04. The lowest BCUT2D eigenvalue weighted by Gasteiger charge is -2.14. The Morgan fingerprint density at radius 2 is 2.30 bits per heavy atom. The topological polar surface area (TPSA) is 109 Å². The predicted octanol–water partition coefficient (Wildman–Crippen LogP) is 0.304. The third-order valence-electron chi connectivity index (χ3n) is 2.66. The zero-order valence-corrected chi connectivity index (χ0v) is 12.3. The maximum Gasteiger partial charge on any atom is 0.326 e. The van der Waals surface area contributed by atoms with E-state index in [1.54, 1.807) is 10.9 Å². The van der Waals surface area contributed by atoms with Crippen LogP contribution in [0.5, 0.6) is 0 Å². The van der Waals surface area contributed by atoms with Gasteiger partial charge in [0, 0.05) is 6.54 Å². The largest absolute Gasteiger partial charge is 0.480 e. The molecule has 3 N–H and O–H groups in total. The molecular weight excluding hydrogens is 282 g/mol. The Kier molecular flexibility index (Phi) is 6.85. The summed E-state index contributed by atoms with van der Waals surface area (Å²) in [5, 5.41) is 21.6. The highest BCUT2D eigenvalue weighted by atomic mass is 32.2. The first-order valence-corrected chi connectivity index (χ1v) is 7.60. The number of rotatable bonds is 8. The number of urea groups is 1. The highest BCUT2D eigenvalue weighted by Gasteiger charge is 2.19. The number of hydrogen-bond donors (Lipinski definition) is 3. The van der Waals surface area contributed by atoms with Crippen LogP contribution in [-0.2, 0) is 17.9 Å². The number of aromatic nitrogens is 3. The first kappa shape index (κ1) is 16.3. The molecule has 1 aromatic heterocycles. The molecule has 1 rings (SSSR count). The normalized spacial score (nSPS) is 11.9. The van der Waals surface area contributed by atoms with E-state index in [0.717, 1.165) is 0 Å². The van der Waals surface area contributed by atoms with Crippen LogP contribution in [0.2, 0.25) is 0 Å². The molecule has 8 nitrogen and oxygen atoms in total. The van der Waals surface area contributed by atoms with Gasteiger partial charge in [0.1, 0.15) is 12.4 Å². The maximum atomic E-state index is 11.7. The van der Waals surface area contributed by atoms with E-state index in [9.17, 15) is 9.59 Å². The van der Waals surface area contributed by atoms with Gasteiger partial charge in [-0.25, -0.2) is 9.59 Å². The van der Waals surface area contributed by atoms with E-state index in [1.807, 2.05) is 13.2 Å². The van der Waals surface area contributed by atoms with Crippen LogP contribution in [-0.4, -0.2) is 49.9 Å². The van der Waals surface area contributed by atoms with Gasteiger partial charge in [-0.3, -0.25) is 0 Å². The lowest BCUT2D eigenvalue weighted by Crippen LogP contribution is -2.46. The van der Waals surface area contributed by atoms with Crippen LogP contribution in [0.25, 0.3) is 0 Å². The van der Waals surface area contributed by atoms with Crippen LogP contribution in [0, 0.1) is 0 Å². The van der Waals surface area contributed by atoms with E-state index in [-0.39, 0.29) is 6.54 Å². The molecule has 1 heterocycles. The first-order valence-electron chi connectivity index (χ1n) is 6.21. The lowest BCUT2D eigenvalue weighted by molar-refractivity contribution is -0.139. The third kappa shape index (κ3) is 5.08. The fourth-order valence-corrected chi connectivity index (χ4v) is 2.01. The van der Waals surface area contributed by atoms with E-state index in [1.165, 1.54) is 11.8 Å². The number of carbonyl (C=O) groups is 2. The van der Waals surface area contributed by atoms with Gasteiger partial charge in [0.05, 0.1) is 6.54 Å². The molecule has 0 aliphatic carbocycles. The number of nitrogens with zero attached hydrogens (tertiary/aromatic N) is 3. The highest BCUT2D eigenvalue weighted by molar-refractivity contribution is 7.98. The summed E-state index contributed by atoms with van der Waals surface area (Å²) in [7, 11) is 0. The molecule has 0 aliphatic heterocycles.